The molecule has 0 bridgehead atoms. The van der Waals surface area contributed by atoms with Crippen molar-refractivity contribution in [2.45, 2.75) is 13.8 Å². The van der Waals surface area contributed by atoms with Gasteiger partial charge < -0.3 is 4.52 Å². The van der Waals surface area contributed by atoms with Gasteiger partial charge in [0, 0.05) is 12.0 Å². The molecule has 2 heteroatoms. The fourth-order valence-electron chi connectivity index (χ4n) is 1.41. The van der Waals surface area contributed by atoms with E-state index in [4.69, 9.17) is 4.52 Å². The van der Waals surface area contributed by atoms with Crippen LogP contribution >= 0.6 is 0 Å². The molecule has 2 rings (SSSR count). The molecular weight excluding hydrogens is 174 g/mol. The summed E-state index contributed by atoms with van der Waals surface area (Å²) in [5.41, 5.74) is 3.18. The topological polar surface area (TPSA) is 26.0 Å². The molecule has 0 aliphatic heterocycles. The molecule has 0 unspecified atom stereocenters. The van der Waals surface area contributed by atoms with Crippen molar-refractivity contribution in [2.24, 2.45) is 0 Å². The van der Waals surface area contributed by atoms with Crippen molar-refractivity contribution in [3.8, 4) is 0 Å². The Morgan fingerprint density at radius 1 is 1.14 bits per heavy atom. The van der Waals surface area contributed by atoms with E-state index in [0.29, 0.717) is 0 Å². The molecule has 1 aromatic carbocycles. The molecule has 1 aromatic heterocycles. The maximum atomic E-state index is 5.09. The van der Waals surface area contributed by atoms with E-state index < -0.39 is 0 Å². The lowest BCUT2D eigenvalue weighted by molar-refractivity contribution is 0.393. The lowest BCUT2D eigenvalue weighted by Crippen LogP contribution is -1.87. The van der Waals surface area contributed by atoms with Crippen molar-refractivity contribution >= 4 is 0 Å². The lowest BCUT2D eigenvalue weighted by Gasteiger charge is -1.98. The van der Waals surface area contributed by atoms with Gasteiger partial charge in [-0.25, -0.2) is 0 Å². The van der Waals surface area contributed by atoms with Crippen LogP contribution in [0.3, 0.4) is 0 Å². The van der Waals surface area contributed by atoms with E-state index in [1.54, 1.807) is 0 Å². The van der Waals surface area contributed by atoms with Crippen LogP contribution in [-0.2, 0) is 0 Å². The summed E-state index contributed by atoms with van der Waals surface area (Å²) >= 11 is 0. The van der Waals surface area contributed by atoms with Crippen LogP contribution in [-0.4, -0.2) is 5.16 Å². The van der Waals surface area contributed by atoms with Gasteiger partial charge in [0.05, 0.1) is 5.69 Å². The van der Waals surface area contributed by atoms with Gasteiger partial charge in [-0.3, -0.25) is 0 Å². The molecule has 1 heterocycles. The highest BCUT2D eigenvalue weighted by atomic mass is 16.5. The number of nitrogens with zero attached hydrogens (tertiary/aromatic N) is 1. The van der Waals surface area contributed by atoms with E-state index in [9.17, 15) is 0 Å². The van der Waals surface area contributed by atoms with Gasteiger partial charge in [0.25, 0.3) is 0 Å². The van der Waals surface area contributed by atoms with Gasteiger partial charge >= 0.3 is 0 Å². The molecule has 0 N–H and O–H groups in total. The molecular formula is C12H12NO. The van der Waals surface area contributed by atoms with Crippen molar-refractivity contribution in [1.82, 2.24) is 5.16 Å². The summed E-state index contributed by atoms with van der Waals surface area (Å²) in [6, 6.07) is 10.2. The van der Waals surface area contributed by atoms with Crippen LogP contribution in [0.5, 0.6) is 0 Å². The highest BCUT2D eigenvalue weighted by Gasteiger charge is 2.09. The highest BCUT2D eigenvalue weighted by molar-refractivity contribution is 5.40. The number of aryl methyl sites for hydroxylation is 2. The fourth-order valence-corrected chi connectivity index (χ4v) is 1.41. The largest absolute Gasteiger partial charge is 0.361 e. The van der Waals surface area contributed by atoms with Crippen molar-refractivity contribution < 1.29 is 4.52 Å². The first kappa shape index (κ1) is 9.00. The minimum atomic E-state index is 0.867. The molecule has 1 radical (unpaired) electrons. The zero-order valence-electron chi connectivity index (χ0n) is 8.32. The minimum Gasteiger partial charge on any atom is -0.361 e. The average molecular weight is 186 g/mol. The second-order valence-electron chi connectivity index (χ2n) is 3.29. The van der Waals surface area contributed by atoms with Crippen molar-refractivity contribution in [2.75, 3.05) is 0 Å². The molecule has 0 saturated carbocycles. The molecule has 2 aromatic rings. The maximum absolute atomic E-state index is 5.09. The normalized spacial score (nSPS) is 10.4. The van der Waals surface area contributed by atoms with E-state index >= 15 is 0 Å². The summed E-state index contributed by atoms with van der Waals surface area (Å²) in [5.74, 6) is 0.867. The predicted molar refractivity (Wildman–Crippen MR) is 54.9 cm³/mol. The molecule has 0 atom stereocenters. The maximum Gasteiger partial charge on any atom is 0.137 e. The lowest BCUT2D eigenvalue weighted by atomic mass is 10.0. The predicted octanol–water partition coefficient (Wildman–Crippen LogP) is 2.89. The fraction of sp³-hybridized carbons (Fsp3) is 0.167. The van der Waals surface area contributed by atoms with Crippen molar-refractivity contribution in [3.05, 3.63) is 59.3 Å². The summed E-state index contributed by atoms with van der Waals surface area (Å²) in [4.78, 5) is 0. The molecule has 0 aliphatic rings. The molecule has 0 fully saturated rings. The average Bonchev–Trinajstić information content (AvgIpc) is 2.51. The van der Waals surface area contributed by atoms with Gasteiger partial charge in [-0.1, -0.05) is 35.5 Å². The SMILES string of the molecule is Cc1noc(C)c1[CH]c1ccccc1. The Hall–Kier alpha value is -1.57. The van der Waals surface area contributed by atoms with Crippen LogP contribution < -0.4 is 0 Å². The first-order valence-corrected chi connectivity index (χ1v) is 4.60. The number of hydrogen-bond acceptors (Lipinski definition) is 2. The Morgan fingerprint density at radius 3 is 2.43 bits per heavy atom. The molecule has 0 spiro atoms. The number of aromatic nitrogens is 1. The van der Waals surface area contributed by atoms with Gasteiger partial charge in [0.2, 0.25) is 0 Å². The van der Waals surface area contributed by atoms with Gasteiger partial charge in [0.1, 0.15) is 5.76 Å². The molecule has 0 amide bonds. The smallest absolute Gasteiger partial charge is 0.137 e. The van der Waals surface area contributed by atoms with E-state index in [2.05, 4.69) is 23.7 Å². The third-order valence-corrected chi connectivity index (χ3v) is 2.20. The number of hydrogen-bond donors (Lipinski definition) is 0. The number of benzene rings is 1. The minimum absolute atomic E-state index is 0.867. The molecule has 0 aliphatic carbocycles. The second-order valence-corrected chi connectivity index (χ2v) is 3.29. The highest BCUT2D eigenvalue weighted by Crippen LogP contribution is 2.18. The zero-order valence-corrected chi connectivity index (χ0v) is 8.32. The summed E-state index contributed by atoms with van der Waals surface area (Å²) < 4.78 is 5.09. The third kappa shape index (κ3) is 1.69. The summed E-state index contributed by atoms with van der Waals surface area (Å²) in [6.45, 7) is 3.88. The van der Waals surface area contributed by atoms with Crippen LogP contribution in [0.4, 0.5) is 0 Å². The van der Waals surface area contributed by atoms with Gasteiger partial charge in [-0.05, 0) is 19.4 Å². The standard InChI is InChI=1S/C12H12NO/c1-9-12(10(2)14-13-9)8-11-6-4-3-5-7-11/h3-8H,1-2H3. The van der Waals surface area contributed by atoms with E-state index in [1.807, 2.05) is 32.0 Å². The van der Waals surface area contributed by atoms with Crippen molar-refractivity contribution in [1.29, 1.82) is 0 Å². The monoisotopic (exact) mass is 186 g/mol. The van der Waals surface area contributed by atoms with Gasteiger partial charge in [-0.2, -0.15) is 0 Å². The Kier molecular flexibility index (Phi) is 2.35. The second kappa shape index (κ2) is 3.66. The first-order chi connectivity index (χ1) is 6.77. The summed E-state index contributed by atoms with van der Waals surface area (Å²) in [7, 11) is 0. The summed E-state index contributed by atoms with van der Waals surface area (Å²) in [5, 5.41) is 3.91. The zero-order chi connectivity index (χ0) is 9.97. The summed E-state index contributed by atoms with van der Waals surface area (Å²) in [6.07, 6.45) is 2.08. The van der Waals surface area contributed by atoms with E-state index in [0.717, 1.165) is 17.0 Å². The van der Waals surface area contributed by atoms with Crippen LogP contribution in [0, 0.1) is 20.3 Å². The number of rotatable bonds is 2. The van der Waals surface area contributed by atoms with Crippen LogP contribution in [0.1, 0.15) is 22.6 Å². The molecule has 14 heavy (non-hydrogen) atoms. The first-order valence-electron chi connectivity index (χ1n) is 4.60. The molecule has 0 saturated heterocycles. The van der Waals surface area contributed by atoms with Crippen LogP contribution in [0.25, 0.3) is 0 Å². The quantitative estimate of drug-likeness (QED) is 0.720. The Labute approximate surface area is 83.5 Å². The Bertz CT molecular complexity index is 398. The van der Waals surface area contributed by atoms with Crippen LogP contribution in [0.15, 0.2) is 34.9 Å². The molecule has 2 nitrogen and oxygen atoms in total. The van der Waals surface area contributed by atoms with Crippen molar-refractivity contribution in [3.63, 3.8) is 0 Å². The van der Waals surface area contributed by atoms with Gasteiger partial charge in [-0.15, -0.1) is 0 Å². The molecule has 71 valence electrons. The van der Waals surface area contributed by atoms with E-state index in [-0.39, 0.29) is 0 Å². The van der Waals surface area contributed by atoms with Crippen LogP contribution in [0.2, 0.25) is 0 Å². The van der Waals surface area contributed by atoms with E-state index in [1.165, 1.54) is 5.56 Å². The van der Waals surface area contributed by atoms with Gasteiger partial charge in [0.15, 0.2) is 0 Å². The Balaban J connectivity index is 2.27. The third-order valence-electron chi connectivity index (χ3n) is 2.20. The Morgan fingerprint density at radius 2 is 1.86 bits per heavy atom.